The molecule has 3 aromatic rings. The van der Waals surface area contributed by atoms with Gasteiger partial charge in [-0.05, 0) is 82.4 Å². The van der Waals surface area contributed by atoms with E-state index in [-0.39, 0.29) is 35.7 Å². The quantitative estimate of drug-likeness (QED) is 0.347. The summed E-state index contributed by atoms with van der Waals surface area (Å²) in [7, 11) is 0. The smallest absolute Gasteiger partial charge is 0.337 e. The number of halogens is 1. The summed E-state index contributed by atoms with van der Waals surface area (Å²) in [5.74, 6) is -1.02. The Morgan fingerprint density at radius 1 is 1.16 bits per heavy atom. The monoisotopic (exact) mass is 593 g/mol. The molecule has 2 N–H and O–H groups in total. The summed E-state index contributed by atoms with van der Waals surface area (Å²) in [4.78, 5) is 45.0. The summed E-state index contributed by atoms with van der Waals surface area (Å²) in [5, 5.41) is 17.5. The van der Waals surface area contributed by atoms with E-state index in [0.717, 1.165) is 18.8 Å². The van der Waals surface area contributed by atoms with E-state index in [1.807, 2.05) is 0 Å². The summed E-state index contributed by atoms with van der Waals surface area (Å²) in [6.07, 6.45) is 3.19. The Balaban J connectivity index is 1.45. The highest BCUT2D eigenvalue weighted by atomic mass is 19.1. The van der Waals surface area contributed by atoms with Gasteiger partial charge in [0, 0.05) is 31.3 Å². The molecule has 1 amide bonds. The number of nitrogens with one attached hydrogen (secondary N) is 1. The molecule has 1 atom stereocenters. The largest absolute Gasteiger partial charge is 0.479 e. The minimum absolute atomic E-state index is 0.0546. The number of hydrogen-bond donors (Lipinski definition) is 2. The van der Waals surface area contributed by atoms with E-state index in [2.05, 4.69) is 27.2 Å². The molecule has 2 fully saturated rings. The maximum atomic E-state index is 13.2. The van der Waals surface area contributed by atoms with Crippen LogP contribution in [-0.4, -0.2) is 62.6 Å². The zero-order valence-electron chi connectivity index (χ0n) is 25.4. The highest BCUT2D eigenvalue weighted by Gasteiger charge is 2.44. The SMILES string of the molecule is Cc1nc2cc(C(=O)NCC(=O)Cc3ccc(F)cc3)nn2c(N2CCC(C)(C3CC3)CC2)c1C(OC(C)(C)C)C(=O)O. The van der Waals surface area contributed by atoms with E-state index in [4.69, 9.17) is 4.74 Å². The van der Waals surface area contributed by atoms with E-state index in [9.17, 15) is 23.9 Å². The second-order valence-corrected chi connectivity index (χ2v) is 13.1. The van der Waals surface area contributed by atoms with Crippen LogP contribution in [0.15, 0.2) is 30.3 Å². The molecule has 1 saturated carbocycles. The second kappa shape index (κ2) is 11.7. The topological polar surface area (TPSA) is 126 Å². The van der Waals surface area contributed by atoms with Gasteiger partial charge in [-0.15, -0.1) is 0 Å². The molecule has 1 unspecified atom stereocenters. The van der Waals surface area contributed by atoms with Crippen LogP contribution < -0.4 is 10.2 Å². The van der Waals surface area contributed by atoms with Crippen molar-refractivity contribution in [2.24, 2.45) is 11.3 Å². The van der Waals surface area contributed by atoms with Gasteiger partial charge < -0.3 is 20.1 Å². The Labute approximate surface area is 250 Å². The second-order valence-electron chi connectivity index (χ2n) is 13.1. The summed E-state index contributed by atoms with van der Waals surface area (Å²) < 4.78 is 20.8. The van der Waals surface area contributed by atoms with E-state index in [1.54, 1.807) is 38.3 Å². The number of Topliss-reactive ketones (excluding diaryl/α,β-unsaturated/α-hetero) is 1. The maximum absolute atomic E-state index is 13.2. The standard InChI is InChI=1S/C32H40FN5O5/c1-19-26(27(30(41)42)43-31(2,3)4)29(37-14-12-32(5,13-15-37)21-8-9-21)38-25(35-19)17-24(36-38)28(40)34-18-23(39)16-20-6-10-22(33)11-7-20/h6-7,10-11,17,21,27H,8-9,12-16,18H2,1-5H3,(H,34,40)(H,41,42). The first kappa shape index (κ1) is 30.6. The summed E-state index contributed by atoms with van der Waals surface area (Å²) in [6, 6.07) is 7.18. The van der Waals surface area contributed by atoms with Crippen LogP contribution in [0.3, 0.4) is 0 Å². The fourth-order valence-electron chi connectivity index (χ4n) is 6.00. The van der Waals surface area contributed by atoms with Crippen LogP contribution in [0.4, 0.5) is 10.2 Å². The van der Waals surface area contributed by atoms with Crippen molar-refractivity contribution in [1.82, 2.24) is 19.9 Å². The number of aromatic nitrogens is 3. The lowest BCUT2D eigenvalue weighted by Gasteiger charge is -2.42. The molecule has 2 aromatic heterocycles. The number of amides is 1. The van der Waals surface area contributed by atoms with E-state index in [0.29, 0.717) is 41.4 Å². The van der Waals surface area contributed by atoms with Crippen molar-refractivity contribution in [3.63, 3.8) is 0 Å². The predicted molar refractivity (Wildman–Crippen MR) is 159 cm³/mol. The van der Waals surface area contributed by atoms with Crippen molar-refractivity contribution in [3.8, 4) is 0 Å². The molecule has 230 valence electrons. The first-order chi connectivity index (χ1) is 20.2. The fraction of sp³-hybridized carbons (Fsp3) is 0.531. The Hall–Kier alpha value is -3.86. The summed E-state index contributed by atoms with van der Waals surface area (Å²) in [5.41, 5.74) is 1.50. The molecule has 1 saturated heterocycles. The maximum Gasteiger partial charge on any atom is 0.337 e. The van der Waals surface area contributed by atoms with Crippen LogP contribution in [0.1, 0.15) is 86.8 Å². The number of nitrogens with zero attached hydrogens (tertiary/aromatic N) is 4. The lowest BCUT2D eigenvalue weighted by Crippen LogP contribution is -2.42. The minimum Gasteiger partial charge on any atom is -0.479 e. The lowest BCUT2D eigenvalue weighted by atomic mass is 9.76. The van der Waals surface area contributed by atoms with Gasteiger partial charge in [-0.2, -0.15) is 9.61 Å². The van der Waals surface area contributed by atoms with Crippen LogP contribution in [0.5, 0.6) is 0 Å². The average molecular weight is 594 g/mol. The van der Waals surface area contributed by atoms with Crippen molar-refractivity contribution in [2.45, 2.75) is 78.4 Å². The number of rotatable bonds is 10. The molecule has 0 bridgehead atoms. The molecule has 0 spiro atoms. The number of carbonyl (C=O) groups excluding carboxylic acids is 2. The molecule has 3 heterocycles. The zero-order chi connectivity index (χ0) is 31.1. The minimum atomic E-state index is -1.30. The molecule has 10 nitrogen and oxygen atoms in total. The zero-order valence-corrected chi connectivity index (χ0v) is 25.4. The van der Waals surface area contributed by atoms with Crippen LogP contribution >= 0.6 is 0 Å². The molecule has 0 radical (unpaired) electrons. The van der Waals surface area contributed by atoms with Gasteiger partial charge in [0.05, 0.1) is 17.7 Å². The van der Waals surface area contributed by atoms with Gasteiger partial charge in [0.1, 0.15) is 11.6 Å². The number of anilines is 1. The number of piperidine rings is 1. The molecule has 2 aliphatic rings. The molecule has 1 aliphatic heterocycles. The number of fused-ring (bicyclic) bond motifs is 1. The Morgan fingerprint density at radius 3 is 2.40 bits per heavy atom. The summed E-state index contributed by atoms with van der Waals surface area (Å²) >= 11 is 0. The number of hydrogen-bond acceptors (Lipinski definition) is 7. The number of aryl methyl sites for hydroxylation is 1. The number of aliphatic carboxylic acids is 1. The molecule has 1 aliphatic carbocycles. The predicted octanol–water partition coefficient (Wildman–Crippen LogP) is 4.68. The van der Waals surface area contributed by atoms with Crippen LogP contribution in [0.2, 0.25) is 0 Å². The van der Waals surface area contributed by atoms with Crippen LogP contribution in [-0.2, 0) is 20.7 Å². The first-order valence-corrected chi connectivity index (χ1v) is 14.8. The lowest BCUT2D eigenvalue weighted by molar-refractivity contribution is -0.160. The molecule has 5 rings (SSSR count). The Morgan fingerprint density at radius 2 is 1.81 bits per heavy atom. The average Bonchev–Trinajstić information content (AvgIpc) is 3.72. The number of ketones is 1. The van der Waals surface area contributed by atoms with Gasteiger partial charge in [-0.3, -0.25) is 9.59 Å². The first-order valence-electron chi connectivity index (χ1n) is 14.8. The molecular formula is C32H40FN5O5. The van der Waals surface area contributed by atoms with Crippen LogP contribution in [0, 0.1) is 24.1 Å². The summed E-state index contributed by atoms with van der Waals surface area (Å²) in [6.45, 7) is 10.7. The van der Waals surface area contributed by atoms with Crippen LogP contribution in [0.25, 0.3) is 5.65 Å². The molecule has 11 heteroatoms. The van der Waals surface area contributed by atoms with Crippen molar-refractivity contribution in [2.75, 3.05) is 24.5 Å². The number of carboxylic acid groups (broad SMARTS) is 1. The highest BCUT2D eigenvalue weighted by molar-refractivity contribution is 5.96. The third-order valence-electron chi connectivity index (χ3n) is 8.52. The number of carboxylic acids is 1. The van der Waals surface area contributed by atoms with Crippen molar-refractivity contribution in [1.29, 1.82) is 0 Å². The fourth-order valence-corrected chi connectivity index (χ4v) is 6.00. The van der Waals surface area contributed by atoms with E-state index >= 15 is 0 Å². The number of ether oxygens (including phenoxy) is 1. The molecule has 1 aromatic carbocycles. The third-order valence-corrected chi connectivity index (χ3v) is 8.52. The Bertz CT molecular complexity index is 1530. The highest BCUT2D eigenvalue weighted by Crippen LogP contribution is 2.52. The van der Waals surface area contributed by atoms with Gasteiger partial charge in [-0.25, -0.2) is 14.2 Å². The van der Waals surface area contributed by atoms with Crippen molar-refractivity contribution in [3.05, 3.63) is 58.7 Å². The van der Waals surface area contributed by atoms with Gasteiger partial charge in [-0.1, -0.05) is 19.1 Å². The van der Waals surface area contributed by atoms with E-state index < -0.39 is 23.6 Å². The van der Waals surface area contributed by atoms with Gasteiger partial charge >= 0.3 is 5.97 Å². The van der Waals surface area contributed by atoms with Crippen molar-refractivity contribution < 1.29 is 28.6 Å². The normalized spacial score (nSPS) is 17.6. The molecular weight excluding hydrogens is 553 g/mol. The van der Waals surface area contributed by atoms with Gasteiger partial charge in [0.25, 0.3) is 5.91 Å². The number of carbonyl (C=O) groups is 3. The number of benzene rings is 1. The Kier molecular flexibility index (Phi) is 8.30. The van der Waals surface area contributed by atoms with E-state index in [1.165, 1.54) is 37.1 Å². The van der Waals surface area contributed by atoms with Gasteiger partial charge in [0.15, 0.2) is 23.2 Å². The van der Waals surface area contributed by atoms with Gasteiger partial charge in [0.2, 0.25) is 0 Å². The molecule has 43 heavy (non-hydrogen) atoms. The van der Waals surface area contributed by atoms with Crippen molar-refractivity contribution >= 4 is 29.1 Å². The third kappa shape index (κ3) is 6.87.